The summed E-state index contributed by atoms with van der Waals surface area (Å²) in [7, 11) is 0. The van der Waals surface area contributed by atoms with Crippen LogP contribution in [-0.2, 0) is 16.1 Å². The van der Waals surface area contributed by atoms with Crippen molar-refractivity contribution >= 4 is 40.8 Å². The Kier molecular flexibility index (Phi) is 6.05. The zero-order valence-corrected chi connectivity index (χ0v) is 15.4. The van der Waals surface area contributed by atoms with Gasteiger partial charge in [0.2, 0.25) is 0 Å². The lowest BCUT2D eigenvalue weighted by Gasteiger charge is -2.09. The van der Waals surface area contributed by atoms with Gasteiger partial charge in [-0.05, 0) is 35.9 Å². The number of hydrogen-bond acceptors (Lipinski definition) is 5. The zero-order valence-electron chi connectivity index (χ0n) is 13.9. The van der Waals surface area contributed by atoms with Gasteiger partial charge in [-0.15, -0.1) is 0 Å². The van der Waals surface area contributed by atoms with Gasteiger partial charge in [0.1, 0.15) is 12.7 Å². The van der Waals surface area contributed by atoms with Crippen molar-refractivity contribution in [3.63, 3.8) is 0 Å². The van der Waals surface area contributed by atoms with E-state index in [1.807, 2.05) is 0 Å². The van der Waals surface area contributed by atoms with Crippen LogP contribution in [0.1, 0.15) is 15.9 Å². The molecule has 0 spiro atoms. The largest absolute Gasteiger partial charge is 0.452 e. The van der Waals surface area contributed by atoms with E-state index in [4.69, 9.17) is 27.9 Å². The van der Waals surface area contributed by atoms with Crippen molar-refractivity contribution in [1.82, 2.24) is 14.8 Å². The number of carbonyl (C=O) groups excluding carboxylic acids is 2. The lowest BCUT2D eigenvalue weighted by molar-refractivity contribution is -0.119. The van der Waals surface area contributed by atoms with Crippen molar-refractivity contribution in [3.8, 4) is 0 Å². The molecule has 0 bridgehead atoms. The molecule has 2 aromatic carbocycles. The molecule has 0 aliphatic carbocycles. The Morgan fingerprint density at radius 3 is 2.59 bits per heavy atom. The number of carbonyl (C=O) groups is 2. The molecule has 1 amide bonds. The van der Waals surface area contributed by atoms with Gasteiger partial charge >= 0.3 is 5.97 Å². The molecular weight excluding hydrogens is 391 g/mol. The molecule has 0 saturated heterocycles. The van der Waals surface area contributed by atoms with E-state index in [9.17, 15) is 9.59 Å². The Hall–Kier alpha value is -2.90. The van der Waals surface area contributed by atoms with Crippen LogP contribution in [0.3, 0.4) is 0 Å². The lowest BCUT2D eigenvalue weighted by Crippen LogP contribution is -2.21. The molecule has 0 saturated carbocycles. The van der Waals surface area contributed by atoms with Crippen LogP contribution in [0.5, 0.6) is 0 Å². The highest BCUT2D eigenvalue weighted by Gasteiger charge is 2.12. The molecule has 27 heavy (non-hydrogen) atoms. The molecule has 0 radical (unpaired) electrons. The van der Waals surface area contributed by atoms with Crippen molar-refractivity contribution in [2.24, 2.45) is 0 Å². The van der Waals surface area contributed by atoms with Gasteiger partial charge in [0.25, 0.3) is 5.91 Å². The monoisotopic (exact) mass is 404 g/mol. The van der Waals surface area contributed by atoms with E-state index in [2.05, 4.69) is 15.4 Å². The molecule has 3 aromatic rings. The number of nitrogens with one attached hydrogen (secondary N) is 1. The molecule has 7 nitrogen and oxygen atoms in total. The predicted molar refractivity (Wildman–Crippen MR) is 101 cm³/mol. The summed E-state index contributed by atoms with van der Waals surface area (Å²) >= 11 is 11.8. The first-order valence-electron chi connectivity index (χ1n) is 7.84. The van der Waals surface area contributed by atoms with Crippen LogP contribution in [0.4, 0.5) is 5.69 Å². The number of esters is 1. The second-order valence-corrected chi connectivity index (χ2v) is 6.38. The van der Waals surface area contributed by atoms with Crippen LogP contribution in [0, 0.1) is 0 Å². The zero-order chi connectivity index (χ0) is 19.2. The second-order valence-electron chi connectivity index (χ2n) is 5.54. The molecule has 3 rings (SSSR count). The summed E-state index contributed by atoms with van der Waals surface area (Å²) in [6.45, 7) is 0.0977. The Balaban J connectivity index is 1.52. The average Bonchev–Trinajstić information content (AvgIpc) is 3.16. The van der Waals surface area contributed by atoms with Gasteiger partial charge in [0.05, 0.1) is 22.8 Å². The molecule has 0 fully saturated rings. The first-order chi connectivity index (χ1) is 13.0. The number of ether oxygens (including phenoxy) is 1. The van der Waals surface area contributed by atoms with Gasteiger partial charge < -0.3 is 10.1 Å². The quantitative estimate of drug-likeness (QED) is 0.635. The molecule has 0 aliphatic heterocycles. The normalized spacial score (nSPS) is 10.4. The molecule has 1 aromatic heterocycles. The molecule has 0 aliphatic rings. The summed E-state index contributed by atoms with van der Waals surface area (Å²) in [5.74, 6) is -1.12. The minimum atomic E-state index is -0.602. The van der Waals surface area contributed by atoms with Crippen molar-refractivity contribution in [1.29, 1.82) is 0 Å². The second kappa shape index (κ2) is 8.66. The minimum Gasteiger partial charge on any atom is -0.452 e. The first-order valence-corrected chi connectivity index (χ1v) is 8.60. The number of anilines is 1. The van der Waals surface area contributed by atoms with Crippen molar-refractivity contribution < 1.29 is 14.3 Å². The number of rotatable bonds is 6. The van der Waals surface area contributed by atoms with Crippen molar-refractivity contribution in [2.75, 3.05) is 11.9 Å². The Labute approximate surface area is 164 Å². The predicted octanol–water partition coefficient (Wildman–Crippen LogP) is 3.43. The highest BCUT2D eigenvalue weighted by molar-refractivity contribution is 6.35. The van der Waals surface area contributed by atoms with Gasteiger partial charge in [0, 0.05) is 5.02 Å². The van der Waals surface area contributed by atoms with Crippen LogP contribution in [0.2, 0.25) is 10.0 Å². The van der Waals surface area contributed by atoms with Crippen LogP contribution in [0.25, 0.3) is 0 Å². The summed E-state index contributed by atoms with van der Waals surface area (Å²) in [4.78, 5) is 27.9. The maximum Gasteiger partial charge on any atom is 0.338 e. The number of amides is 1. The Morgan fingerprint density at radius 2 is 1.89 bits per heavy atom. The van der Waals surface area contributed by atoms with Crippen molar-refractivity contribution in [2.45, 2.75) is 6.54 Å². The third-order valence-electron chi connectivity index (χ3n) is 3.54. The number of halogens is 2. The van der Waals surface area contributed by atoms with Gasteiger partial charge in [-0.3, -0.25) is 4.79 Å². The fourth-order valence-electron chi connectivity index (χ4n) is 2.24. The number of hydrogen-bond donors (Lipinski definition) is 1. The van der Waals surface area contributed by atoms with Crippen LogP contribution >= 0.6 is 23.2 Å². The lowest BCUT2D eigenvalue weighted by atomic mass is 10.1. The highest BCUT2D eigenvalue weighted by atomic mass is 35.5. The average molecular weight is 405 g/mol. The Morgan fingerprint density at radius 1 is 1.11 bits per heavy atom. The topological polar surface area (TPSA) is 86.1 Å². The van der Waals surface area contributed by atoms with E-state index < -0.39 is 18.5 Å². The van der Waals surface area contributed by atoms with Crippen LogP contribution in [-0.4, -0.2) is 33.2 Å². The van der Waals surface area contributed by atoms with Gasteiger partial charge in [-0.25, -0.2) is 14.5 Å². The van der Waals surface area contributed by atoms with E-state index >= 15 is 0 Å². The summed E-state index contributed by atoms with van der Waals surface area (Å²) in [6.07, 6.45) is 3.06. The summed E-state index contributed by atoms with van der Waals surface area (Å²) in [5, 5.41) is 7.32. The third kappa shape index (κ3) is 5.29. The van der Waals surface area contributed by atoms with Crippen molar-refractivity contribution in [3.05, 3.63) is 76.3 Å². The SMILES string of the molecule is O=C(COC(=O)c1ccc(Cn2cncn2)cc1)Nc1cc(Cl)ccc1Cl. The summed E-state index contributed by atoms with van der Waals surface area (Å²) in [5.41, 5.74) is 1.64. The van der Waals surface area contributed by atoms with Gasteiger partial charge in [-0.2, -0.15) is 5.10 Å². The maximum absolute atomic E-state index is 12.1. The minimum absolute atomic E-state index is 0.335. The fraction of sp³-hybridized carbons (Fsp3) is 0.111. The standard InChI is InChI=1S/C18H14Cl2N4O3/c19-14-5-6-15(20)16(7-14)23-17(25)9-27-18(26)13-3-1-12(2-4-13)8-24-11-21-10-22-24/h1-7,10-11H,8-9H2,(H,23,25). The number of nitrogens with zero attached hydrogens (tertiary/aromatic N) is 3. The van der Waals surface area contributed by atoms with Crippen LogP contribution < -0.4 is 5.32 Å². The smallest absolute Gasteiger partial charge is 0.338 e. The molecular formula is C18H14Cl2N4O3. The van der Waals surface area contributed by atoms with E-state index in [1.54, 1.807) is 47.4 Å². The van der Waals surface area contributed by atoms with E-state index in [-0.39, 0.29) is 0 Å². The van der Waals surface area contributed by atoms with Gasteiger partial charge in [-0.1, -0.05) is 35.3 Å². The van der Waals surface area contributed by atoms with Crippen LogP contribution in [0.15, 0.2) is 55.1 Å². The molecule has 138 valence electrons. The molecule has 0 unspecified atom stereocenters. The molecule has 0 atom stereocenters. The first kappa shape index (κ1) is 18.9. The van der Waals surface area contributed by atoms with E-state index in [1.165, 1.54) is 12.4 Å². The molecule has 1 heterocycles. The summed E-state index contributed by atoms with van der Waals surface area (Å²) in [6, 6.07) is 11.5. The van der Waals surface area contributed by atoms with E-state index in [0.717, 1.165) is 5.56 Å². The number of aromatic nitrogens is 3. The highest BCUT2D eigenvalue weighted by Crippen LogP contribution is 2.25. The molecule has 9 heteroatoms. The molecule has 1 N–H and O–H groups in total. The maximum atomic E-state index is 12.1. The van der Waals surface area contributed by atoms with E-state index in [0.29, 0.717) is 27.8 Å². The summed E-state index contributed by atoms with van der Waals surface area (Å²) < 4.78 is 6.69. The number of benzene rings is 2. The van der Waals surface area contributed by atoms with Gasteiger partial charge in [0.15, 0.2) is 6.61 Å². The third-order valence-corrected chi connectivity index (χ3v) is 4.10. The fourth-order valence-corrected chi connectivity index (χ4v) is 2.58. The Bertz CT molecular complexity index is 944.